The molecular weight excluding hydrogens is 222 g/mol. The molecular formula is C12H15NO2S. The Morgan fingerprint density at radius 3 is 3.12 bits per heavy atom. The SMILES string of the molecule is COC(=O)c1cccc2c1NCC(C)CS2. The van der Waals surface area contributed by atoms with Crippen LogP contribution in [-0.4, -0.2) is 25.4 Å². The fourth-order valence-corrected chi connectivity index (χ4v) is 2.76. The smallest absolute Gasteiger partial charge is 0.340 e. The number of fused-ring (bicyclic) bond motifs is 1. The molecule has 0 spiro atoms. The van der Waals surface area contributed by atoms with Crippen molar-refractivity contribution in [2.45, 2.75) is 11.8 Å². The minimum absolute atomic E-state index is 0.278. The summed E-state index contributed by atoms with van der Waals surface area (Å²) < 4.78 is 4.78. The number of para-hydroxylation sites is 1. The van der Waals surface area contributed by atoms with E-state index in [1.54, 1.807) is 17.8 Å². The summed E-state index contributed by atoms with van der Waals surface area (Å²) >= 11 is 1.79. The fourth-order valence-electron chi connectivity index (χ4n) is 1.68. The number of carbonyl (C=O) groups excluding carboxylic acids is 1. The van der Waals surface area contributed by atoms with Crippen LogP contribution in [0.3, 0.4) is 0 Å². The van der Waals surface area contributed by atoms with Crippen LogP contribution in [0.2, 0.25) is 0 Å². The molecule has 1 N–H and O–H groups in total. The number of anilines is 1. The Balaban J connectivity index is 2.39. The Bertz CT molecular complexity index is 406. The third-order valence-electron chi connectivity index (χ3n) is 2.58. The largest absolute Gasteiger partial charge is 0.465 e. The number of nitrogens with one attached hydrogen (secondary N) is 1. The van der Waals surface area contributed by atoms with E-state index in [0.29, 0.717) is 11.5 Å². The second-order valence-electron chi connectivity index (χ2n) is 3.97. The number of hydrogen-bond donors (Lipinski definition) is 1. The van der Waals surface area contributed by atoms with Gasteiger partial charge in [0, 0.05) is 17.2 Å². The molecule has 4 heteroatoms. The van der Waals surface area contributed by atoms with E-state index in [-0.39, 0.29) is 5.97 Å². The minimum Gasteiger partial charge on any atom is -0.465 e. The molecule has 16 heavy (non-hydrogen) atoms. The molecule has 1 aromatic rings. The molecule has 0 aromatic heterocycles. The fraction of sp³-hybridized carbons (Fsp3) is 0.417. The number of carbonyl (C=O) groups is 1. The number of thioether (sulfide) groups is 1. The molecule has 2 rings (SSSR count). The van der Waals surface area contributed by atoms with Crippen LogP contribution in [0.4, 0.5) is 5.69 Å². The van der Waals surface area contributed by atoms with Gasteiger partial charge in [0.05, 0.1) is 18.4 Å². The van der Waals surface area contributed by atoms with Crippen LogP contribution >= 0.6 is 11.8 Å². The van der Waals surface area contributed by atoms with Crippen LogP contribution in [-0.2, 0) is 4.74 Å². The van der Waals surface area contributed by atoms with Gasteiger partial charge in [-0.15, -0.1) is 11.8 Å². The van der Waals surface area contributed by atoms with Crippen LogP contribution < -0.4 is 5.32 Å². The highest BCUT2D eigenvalue weighted by Gasteiger charge is 2.19. The van der Waals surface area contributed by atoms with Crippen LogP contribution in [0, 0.1) is 5.92 Å². The second-order valence-corrected chi connectivity index (χ2v) is 5.03. The van der Waals surface area contributed by atoms with Gasteiger partial charge >= 0.3 is 5.97 Å². The molecule has 0 radical (unpaired) electrons. The molecule has 0 aliphatic carbocycles. The summed E-state index contributed by atoms with van der Waals surface area (Å²) in [6.07, 6.45) is 0. The predicted octanol–water partition coefficient (Wildman–Crippen LogP) is 2.63. The Morgan fingerprint density at radius 1 is 1.56 bits per heavy atom. The van der Waals surface area contributed by atoms with Crippen molar-refractivity contribution in [2.75, 3.05) is 24.7 Å². The van der Waals surface area contributed by atoms with Crippen LogP contribution in [0.25, 0.3) is 0 Å². The summed E-state index contributed by atoms with van der Waals surface area (Å²) in [5, 5.41) is 3.34. The van der Waals surface area contributed by atoms with Crippen molar-refractivity contribution in [2.24, 2.45) is 5.92 Å². The lowest BCUT2D eigenvalue weighted by atomic mass is 10.1. The maximum absolute atomic E-state index is 11.6. The van der Waals surface area contributed by atoms with Gasteiger partial charge in [0.2, 0.25) is 0 Å². The zero-order valence-electron chi connectivity index (χ0n) is 9.45. The van der Waals surface area contributed by atoms with E-state index < -0.39 is 0 Å². The summed E-state index contributed by atoms with van der Waals surface area (Å²) in [6.45, 7) is 3.09. The van der Waals surface area contributed by atoms with Gasteiger partial charge in [0.25, 0.3) is 0 Å². The quantitative estimate of drug-likeness (QED) is 0.762. The number of benzene rings is 1. The summed E-state index contributed by atoms with van der Waals surface area (Å²) in [4.78, 5) is 12.7. The van der Waals surface area contributed by atoms with Crippen LogP contribution in [0.5, 0.6) is 0 Å². The van der Waals surface area contributed by atoms with Gasteiger partial charge in [-0.25, -0.2) is 4.79 Å². The van der Waals surface area contributed by atoms with Crippen LogP contribution in [0.1, 0.15) is 17.3 Å². The molecule has 0 fully saturated rings. The maximum Gasteiger partial charge on any atom is 0.340 e. The van der Waals surface area contributed by atoms with Crippen molar-refractivity contribution >= 4 is 23.4 Å². The van der Waals surface area contributed by atoms with Crippen molar-refractivity contribution in [1.82, 2.24) is 0 Å². The van der Waals surface area contributed by atoms with E-state index in [1.165, 1.54) is 7.11 Å². The summed E-state index contributed by atoms with van der Waals surface area (Å²) in [7, 11) is 1.41. The topological polar surface area (TPSA) is 38.3 Å². The Kier molecular flexibility index (Phi) is 3.39. The Morgan fingerprint density at radius 2 is 2.38 bits per heavy atom. The van der Waals surface area contributed by atoms with Gasteiger partial charge in [-0.3, -0.25) is 0 Å². The third-order valence-corrected chi connectivity index (χ3v) is 3.97. The molecule has 1 aliphatic heterocycles. The van der Waals surface area contributed by atoms with E-state index >= 15 is 0 Å². The highest BCUT2D eigenvalue weighted by Crippen LogP contribution is 2.34. The predicted molar refractivity (Wildman–Crippen MR) is 66.2 cm³/mol. The van der Waals surface area contributed by atoms with Crippen molar-refractivity contribution in [3.05, 3.63) is 23.8 Å². The lowest BCUT2D eigenvalue weighted by Gasteiger charge is -2.11. The first kappa shape index (κ1) is 11.3. The van der Waals surface area contributed by atoms with Gasteiger partial charge in [-0.2, -0.15) is 0 Å². The summed E-state index contributed by atoms with van der Waals surface area (Å²) in [6, 6.07) is 5.74. The molecule has 0 saturated carbocycles. The number of ether oxygens (including phenoxy) is 1. The molecule has 1 unspecified atom stereocenters. The molecule has 0 amide bonds. The van der Waals surface area contributed by atoms with Gasteiger partial charge in [-0.1, -0.05) is 13.0 Å². The Labute approximate surface area is 99.6 Å². The average molecular weight is 237 g/mol. The minimum atomic E-state index is -0.278. The summed E-state index contributed by atoms with van der Waals surface area (Å²) in [5.74, 6) is 1.40. The first-order valence-corrected chi connectivity index (χ1v) is 6.29. The first-order valence-electron chi connectivity index (χ1n) is 5.30. The van der Waals surface area contributed by atoms with E-state index in [4.69, 9.17) is 4.74 Å². The number of methoxy groups -OCH3 is 1. The average Bonchev–Trinajstić information content (AvgIpc) is 2.50. The van der Waals surface area contributed by atoms with Crippen LogP contribution in [0.15, 0.2) is 23.1 Å². The van der Waals surface area contributed by atoms with E-state index in [9.17, 15) is 4.79 Å². The lowest BCUT2D eigenvalue weighted by Crippen LogP contribution is -2.13. The lowest BCUT2D eigenvalue weighted by molar-refractivity contribution is 0.0601. The maximum atomic E-state index is 11.6. The first-order chi connectivity index (χ1) is 7.72. The second kappa shape index (κ2) is 4.78. The molecule has 1 heterocycles. The van der Waals surface area contributed by atoms with Crippen molar-refractivity contribution in [3.8, 4) is 0 Å². The van der Waals surface area contributed by atoms with Gasteiger partial charge in [-0.05, 0) is 18.1 Å². The zero-order valence-corrected chi connectivity index (χ0v) is 10.3. The third kappa shape index (κ3) is 2.16. The van der Waals surface area contributed by atoms with Gasteiger partial charge < -0.3 is 10.1 Å². The normalized spacial score (nSPS) is 19.2. The zero-order chi connectivity index (χ0) is 11.5. The monoisotopic (exact) mass is 237 g/mol. The number of esters is 1. The molecule has 86 valence electrons. The van der Waals surface area contributed by atoms with E-state index in [0.717, 1.165) is 22.9 Å². The van der Waals surface area contributed by atoms with E-state index in [2.05, 4.69) is 12.2 Å². The molecule has 0 bridgehead atoms. The number of rotatable bonds is 1. The van der Waals surface area contributed by atoms with Crippen molar-refractivity contribution in [1.29, 1.82) is 0 Å². The molecule has 1 aromatic carbocycles. The highest BCUT2D eigenvalue weighted by molar-refractivity contribution is 7.99. The van der Waals surface area contributed by atoms with Crippen molar-refractivity contribution < 1.29 is 9.53 Å². The Hall–Kier alpha value is -1.16. The summed E-state index contributed by atoms with van der Waals surface area (Å²) in [5.41, 5.74) is 1.55. The molecule has 1 atom stereocenters. The molecule has 3 nitrogen and oxygen atoms in total. The van der Waals surface area contributed by atoms with Gasteiger partial charge in [0.1, 0.15) is 0 Å². The highest BCUT2D eigenvalue weighted by atomic mass is 32.2. The molecule has 1 aliphatic rings. The number of hydrogen-bond acceptors (Lipinski definition) is 4. The standard InChI is InChI=1S/C12H15NO2S/c1-8-6-13-11-9(12(14)15-2)4-3-5-10(11)16-7-8/h3-5,8,13H,6-7H2,1-2H3. The molecule has 0 saturated heterocycles. The van der Waals surface area contributed by atoms with E-state index in [1.807, 2.05) is 12.1 Å². The van der Waals surface area contributed by atoms with Crippen molar-refractivity contribution in [3.63, 3.8) is 0 Å². The van der Waals surface area contributed by atoms with Gasteiger partial charge in [0.15, 0.2) is 0 Å².